The van der Waals surface area contributed by atoms with Gasteiger partial charge in [-0.15, -0.1) is 0 Å². The molecule has 2 amide bonds. The van der Waals surface area contributed by atoms with Gasteiger partial charge in [0.15, 0.2) is 0 Å². The van der Waals surface area contributed by atoms with Gasteiger partial charge >= 0.3 is 0 Å². The largest absolute Gasteiger partial charge is 0.497 e. The molecule has 0 radical (unpaired) electrons. The molecule has 7 heteroatoms. The third kappa shape index (κ3) is 4.25. The lowest BCUT2D eigenvalue weighted by Crippen LogP contribution is -2.38. The lowest BCUT2D eigenvalue weighted by atomic mass is 10.1. The van der Waals surface area contributed by atoms with E-state index in [2.05, 4.69) is 10.4 Å². The number of methoxy groups -OCH3 is 2. The van der Waals surface area contributed by atoms with Gasteiger partial charge in [-0.05, 0) is 30.3 Å². The Labute approximate surface area is 157 Å². The van der Waals surface area contributed by atoms with E-state index in [9.17, 15) is 9.59 Å². The number of hydrazone groups is 1. The highest BCUT2D eigenvalue weighted by Crippen LogP contribution is 2.24. The van der Waals surface area contributed by atoms with Crippen molar-refractivity contribution in [2.75, 3.05) is 19.2 Å². The maximum Gasteiger partial charge on any atom is 0.267 e. The van der Waals surface area contributed by atoms with Gasteiger partial charge in [-0.1, -0.05) is 18.2 Å². The summed E-state index contributed by atoms with van der Waals surface area (Å²) in [5, 5.41) is 8.37. The molecule has 0 spiro atoms. The van der Waals surface area contributed by atoms with E-state index in [1.54, 1.807) is 38.5 Å². The van der Waals surface area contributed by atoms with Crippen molar-refractivity contribution < 1.29 is 19.1 Å². The van der Waals surface area contributed by atoms with Gasteiger partial charge < -0.3 is 14.8 Å². The minimum atomic E-state index is -0.312. The summed E-state index contributed by atoms with van der Waals surface area (Å²) in [7, 11) is 3.15. The maximum absolute atomic E-state index is 12.6. The van der Waals surface area contributed by atoms with Gasteiger partial charge in [0.25, 0.3) is 5.91 Å². The first kappa shape index (κ1) is 18.4. The first-order chi connectivity index (χ1) is 13.1. The van der Waals surface area contributed by atoms with Crippen molar-refractivity contribution in [3.05, 3.63) is 54.1 Å². The topological polar surface area (TPSA) is 80.2 Å². The summed E-state index contributed by atoms with van der Waals surface area (Å²) in [4.78, 5) is 24.7. The highest BCUT2D eigenvalue weighted by atomic mass is 16.5. The zero-order valence-corrected chi connectivity index (χ0v) is 15.3. The number of hydrogen-bond donors (Lipinski definition) is 1. The predicted molar refractivity (Wildman–Crippen MR) is 102 cm³/mol. The number of nitrogens with one attached hydrogen (secondary N) is 1. The number of benzene rings is 2. The molecular formula is C20H21N3O4. The average Bonchev–Trinajstić information content (AvgIpc) is 2.72. The smallest absolute Gasteiger partial charge is 0.267 e. The quantitative estimate of drug-likeness (QED) is 0.851. The van der Waals surface area contributed by atoms with Crippen LogP contribution in [0.15, 0.2) is 53.6 Å². The monoisotopic (exact) mass is 367 g/mol. The van der Waals surface area contributed by atoms with Gasteiger partial charge in [-0.2, -0.15) is 5.10 Å². The number of para-hydroxylation sites is 1. The van der Waals surface area contributed by atoms with Crippen LogP contribution in [-0.2, 0) is 16.1 Å². The summed E-state index contributed by atoms with van der Waals surface area (Å²) in [5.41, 5.74) is 1.75. The molecule has 140 valence electrons. The average molecular weight is 367 g/mol. The Morgan fingerprint density at radius 3 is 2.59 bits per heavy atom. The summed E-state index contributed by atoms with van der Waals surface area (Å²) < 4.78 is 10.5. The fraction of sp³-hybridized carbons (Fsp3) is 0.250. The molecule has 2 aromatic rings. The Kier molecular flexibility index (Phi) is 5.71. The Balaban J connectivity index is 1.73. The summed E-state index contributed by atoms with van der Waals surface area (Å²) in [6.45, 7) is 0.261. The number of nitrogens with zero attached hydrogens (tertiary/aromatic N) is 2. The number of ether oxygens (including phenoxy) is 2. The second kappa shape index (κ2) is 8.35. The van der Waals surface area contributed by atoms with Crippen LogP contribution in [0, 0.1) is 0 Å². The molecule has 1 heterocycles. The summed E-state index contributed by atoms with van der Waals surface area (Å²) in [6, 6.07) is 14.4. The predicted octanol–water partition coefficient (Wildman–Crippen LogP) is 2.50. The number of carbonyl (C=O) groups is 2. The standard InChI is InChI=1S/C20H21N3O4/c1-26-16-8-10-18(27-2)14(12-16)13-21-20(25)17-9-11-19(24)23(22-17)15-6-4-3-5-7-15/h3-8,10,12H,9,11,13H2,1-2H3,(H,21,25). The third-order valence-corrected chi connectivity index (χ3v) is 4.22. The highest BCUT2D eigenvalue weighted by Gasteiger charge is 2.25. The van der Waals surface area contributed by atoms with E-state index < -0.39 is 0 Å². The number of hydrogen-bond acceptors (Lipinski definition) is 5. The van der Waals surface area contributed by atoms with Crippen LogP contribution in [-0.4, -0.2) is 31.7 Å². The molecule has 0 bridgehead atoms. The van der Waals surface area contributed by atoms with Crippen LogP contribution in [0.1, 0.15) is 18.4 Å². The Bertz CT molecular complexity index is 865. The van der Waals surface area contributed by atoms with Crippen molar-refractivity contribution in [2.24, 2.45) is 5.10 Å². The van der Waals surface area contributed by atoms with E-state index in [0.717, 1.165) is 5.56 Å². The van der Waals surface area contributed by atoms with Crippen molar-refractivity contribution in [1.29, 1.82) is 0 Å². The lowest BCUT2D eigenvalue weighted by Gasteiger charge is -2.23. The minimum absolute atomic E-state index is 0.132. The second-order valence-corrected chi connectivity index (χ2v) is 5.95. The van der Waals surface area contributed by atoms with E-state index >= 15 is 0 Å². The molecule has 2 aromatic carbocycles. The van der Waals surface area contributed by atoms with Gasteiger partial charge in [0.05, 0.1) is 19.9 Å². The molecule has 1 aliphatic heterocycles. The number of carbonyl (C=O) groups excluding carboxylic acids is 2. The maximum atomic E-state index is 12.6. The number of anilines is 1. The molecule has 0 aromatic heterocycles. The summed E-state index contributed by atoms with van der Waals surface area (Å²) in [6.07, 6.45) is 0.548. The molecule has 0 aliphatic carbocycles. The second-order valence-electron chi connectivity index (χ2n) is 5.95. The molecule has 27 heavy (non-hydrogen) atoms. The third-order valence-electron chi connectivity index (χ3n) is 4.22. The van der Waals surface area contributed by atoms with Crippen LogP contribution in [0.3, 0.4) is 0 Å². The summed E-state index contributed by atoms with van der Waals surface area (Å²) in [5.74, 6) is 0.888. The fourth-order valence-electron chi connectivity index (χ4n) is 2.79. The molecule has 0 saturated carbocycles. The van der Waals surface area contributed by atoms with Gasteiger partial charge in [0.1, 0.15) is 17.2 Å². The van der Waals surface area contributed by atoms with E-state index in [1.165, 1.54) is 5.01 Å². The van der Waals surface area contributed by atoms with Gasteiger partial charge in [-0.25, -0.2) is 5.01 Å². The van der Waals surface area contributed by atoms with Crippen LogP contribution < -0.4 is 19.8 Å². The van der Waals surface area contributed by atoms with Crippen LogP contribution in [0.25, 0.3) is 0 Å². The minimum Gasteiger partial charge on any atom is -0.497 e. The molecule has 3 rings (SSSR count). The summed E-state index contributed by atoms with van der Waals surface area (Å²) >= 11 is 0. The van der Waals surface area contributed by atoms with Crippen molar-refractivity contribution in [2.45, 2.75) is 19.4 Å². The van der Waals surface area contributed by atoms with Crippen molar-refractivity contribution in [1.82, 2.24) is 5.32 Å². The fourth-order valence-corrected chi connectivity index (χ4v) is 2.79. The normalized spacial score (nSPS) is 13.8. The van der Waals surface area contributed by atoms with Crippen LogP contribution in [0.5, 0.6) is 11.5 Å². The zero-order chi connectivity index (χ0) is 19.2. The molecule has 1 aliphatic rings. The van der Waals surface area contributed by atoms with Crippen molar-refractivity contribution in [3.8, 4) is 11.5 Å². The SMILES string of the molecule is COc1ccc(OC)c(CNC(=O)C2=NN(c3ccccc3)C(=O)CC2)c1. The first-order valence-electron chi connectivity index (χ1n) is 8.57. The molecule has 0 atom stereocenters. The molecule has 0 saturated heterocycles. The van der Waals surface area contributed by atoms with E-state index in [0.29, 0.717) is 29.3 Å². The Morgan fingerprint density at radius 1 is 1.11 bits per heavy atom. The molecule has 7 nitrogen and oxygen atoms in total. The van der Waals surface area contributed by atoms with Crippen molar-refractivity contribution >= 4 is 23.2 Å². The molecular weight excluding hydrogens is 346 g/mol. The van der Waals surface area contributed by atoms with E-state index in [4.69, 9.17) is 9.47 Å². The van der Waals surface area contributed by atoms with Gasteiger partial charge in [0, 0.05) is 24.9 Å². The molecule has 0 fully saturated rings. The first-order valence-corrected chi connectivity index (χ1v) is 8.57. The van der Waals surface area contributed by atoms with Gasteiger partial charge in [-0.3, -0.25) is 9.59 Å². The number of rotatable bonds is 6. The van der Waals surface area contributed by atoms with Crippen molar-refractivity contribution in [3.63, 3.8) is 0 Å². The molecule has 1 N–H and O–H groups in total. The van der Waals surface area contributed by atoms with Crippen LogP contribution in [0.4, 0.5) is 5.69 Å². The van der Waals surface area contributed by atoms with Crippen LogP contribution in [0.2, 0.25) is 0 Å². The molecule has 0 unspecified atom stereocenters. The highest BCUT2D eigenvalue weighted by molar-refractivity contribution is 6.40. The van der Waals surface area contributed by atoms with E-state index in [1.807, 2.05) is 24.3 Å². The Hall–Kier alpha value is -3.35. The van der Waals surface area contributed by atoms with E-state index in [-0.39, 0.29) is 24.8 Å². The zero-order valence-electron chi connectivity index (χ0n) is 15.3. The van der Waals surface area contributed by atoms with Gasteiger partial charge in [0.2, 0.25) is 5.91 Å². The number of amides is 2. The lowest BCUT2D eigenvalue weighted by molar-refractivity contribution is -0.119. The Morgan fingerprint density at radius 2 is 1.89 bits per heavy atom. The van der Waals surface area contributed by atoms with Crippen LogP contribution >= 0.6 is 0 Å².